The van der Waals surface area contributed by atoms with Crippen LogP contribution in [0.2, 0.25) is 0 Å². The van der Waals surface area contributed by atoms with Crippen molar-refractivity contribution in [1.82, 2.24) is 19.8 Å². The molecule has 2 aliphatic heterocycles. The van der Waals surface area contributed by atoms with Gasteiger partial charge < -0.3 is 15.1 Å². The zero-order valence-corrected chi connectivity index (χ0v) is 15.4. The Morgan fingerprint density at radius 3 is 2.75 bits per heavy atom. The zero-order chi connectivity index (χ0) is 16.9. The molecule has 2 aliphatic rings. The van der Waals surface area contributed by atoms with Gasteiger partial charge >= 0.3 is 0 Å². The van der Waals surface area contributed by atoms with Gasteiger partial charge in [-0.15, -0.1) is 0 Å². The number of anilines is 2. The minimum Gasteiger partial charge on any atom is -0.366 e. The Bertz CT molecular complexity index is 514. The van der Waals surface area contributed by atoms with Crippen LogP contribution in [0.3, 0.4) is 0 Å². The Morgan fingerprint density at radius 1 is 1.21 bits per heavy atom. The largest absolute Gasteiger partial charge is 0.366 e. The Labute approximate surface area is 146 Å². The first kappa shape index (κ1) is 17.4. The second-order valence-corrected chi connectivity index (χ2v) is 7.60. The number of hydrogen-bond donors (Lipinski definition) is 1. The molecule has 1 aromatic rings. The lowest BCUT2D eigenvalue weighted by Gasteiger charge is -2.34. The van der Waals surface area contributed by atoms with Crippen molar-refractivity contribution in [3.05, 3.63) is 12.4 Å². The molecule has 24 heavy (non-hydrogen) atoms. The predicted octanol–water partition coefficient (Wildman–Crippen LogP) is 1.76. The van der Waals surface area contributed by atoms with Gasteiger partial charge in [0.2, 0.25) is 0 Å². The Kier molecular flexibility index (Phi) is 5.89. The Balaban J connectivity index is 1.54. The fraction of sp³-hybridized carbons (Fsp3) is 0.778. The summed E-state index contributed by atoms with van der Waals surface area (Å²) >= 11 is 0. The van der Waals surface area contributed by atoms with Gasteiger partial charge in [-0.2, -0.15) is 0 Å². The molecule has 0 amide bonds. The molecule has 2 fully saturated rings. The maximum absolute atomic E-state index is 4.49. The third-order valence-electron chi connectivity index (χ3n) is 5.16. The molecular weight excluding hydrogens is 300 g/mol. The summed E-state index contributed by atoms with van der Waals surface area (Å²) in [6, 6.07) is 2.50. The molecule has 3 heterocycles. The predicted molar refractivity (Wildman–Crippen MR) is 99.7 cm³/mol. The quantitative estimate of drug-likeness (QED) is 0.887. The van der Waals surface area contributed by atoms with Gasteiger partial charge in [0, 0.05) is 57.9 Å². The van der Waals surface area contributed by atoms with Crippen LogP contribution in [0.4, 0.5) is 11.6 Å². The van der Waals surface area contributed by atoms with E-state index in [0.717, 1.165) is 63.4 Å². The number of rotatable bonds is 5. The van der Waals surface area contributed by atoms with E-state index < -0.39 is 0 Å². The topological polar surface area (TPSA) is 47.5 Å². The summed E-state index contributed by atoms with van der Waals surface area (Å²) in [5.41, 5.74) is 0. The molecule has 1 aromatic heterocycles. The highest BCUT2D eigenvalue weighted by molar-refractivity contribution is 5.49. The van der Waals surface area contributed by atoms with E-state index in [2.05, 4.69) is 56.9 Å². The fourth-order valence-corrected chi connectivity index (χ4v) is 3.71. The van der Waals surface area contributed by atoms with Crippen molar-refractivity contribution in [2.75, 3.05) is 63.1 Å². The number of likely N-dealkylation sites (N-methyl/N-ethyl adjacent to an activating group) is 1. The number of hydrogen-bond acceptors (Lipinski definition) is 6. The van der Waals surface area contributed by atoms with Crippen molar-refractivity contribution >= 4 is 11.6 Å². The average molecular weight is 332 g/mol. The first-order valence-electron chi connectivity index (χ1n) is 9.34. The van der Waals surface area contributed by atoms with Crippen molar-refractivity contribution in [3.63, 3.8) is 0 Å². The highest BCUT2D eigenvalue weighted by atomic mass is 15.3. The maximum atomic E-state index is 4.49. The van der Waals surface area contributed by atoms with Crippen LogP contribution in [0, 0.1) is 5.92 Å². The SMILES string of the molecule is CC1CCCN(c2cc(NC(C)CN3CCN(C)CC3)ncn2)C1. The zero-order valence-electron chi connectivity index (χ0n) is 15.4. The maximum Gasteiger partial charge on any atom is 0.134 e. The van der Waals surface area contributed by atoms with Gasteiger partial charge in [-0.1, -0.05) is 6.92 Å². The van der Waals surface area contributed by atoms with E-state index in [4.69, 9.17) is 0 Å². The van der Waals surface area contributed by atoms with Gasteiger partial charge in [-0.05, 0) is 32.7 Å². The van der Waals surface area contributed by atoms with Crippen LogP contribution in [-0.2, 0) is 0 Å². The highest BCUT2D eigenvalue weighted by Crippen LogP contribution is 2.22. The van der Waals surface area contributed by atoms with Crippen LogP contribution in [0.5, 0.6) is 0 Å². The van der Waals surface area contributed by atoms with Gasteiger partial charge in [-0.3, -0.25) is 4.90 Å². The Hall–Kier alpha value is -1.40. The summed E-state index contributed by atoms with van der Waals surface area (Å²) in [6.45, 7) is 12.5. The summed E-state index contributed by atoms with van der Waals surface area (Å²) < 4.78 is 0. The third kappa shape index (κ3) is 4.80. The summed E-state index contributed by atoms with van der Waals surface area (Å²) in [6.07, 6.45) is 4.28. The number of aromatic nitrogens is 2. The fourth-order valence-electron chi connectivity index (χ4n) is 3.71. The van der Waals surface area contributed by atoms with Gasteiger partial charge in [-0.25, -0.2) is 9.97 Å². The molecule has 134 valence electrons. The van der Waals surface area contributed by atoms with E-state index in [-0.39, 0.29) is 0 Å². The standard InChI is InChI=1S/C18H32N6/c1-15-5-4-6-24(12-15)18-11-17(19-14-20-18)21-16(2)13-23-9-7-22(3)8-10-23/h11,14-16H,4-10,12-13H2,1-3H3,(H,19,20,21). The molecule has 6 heteroatoms. The summed E-state index contributed by atoms with van der Waals surface area (Å²) in [5, 5.41) is 3.56. The average Bonchev–Trinajstić information content (AvgIpc) is 2.57. The monoisotopic (exact) mass is 332 g/mol. The highest BCUT2D eigenvalue weighted by Gasteiger charge is 2.19. The molecule has 2 atom stereocenters. The van der Waals surface area contributed by atoms with Gasteiger partial charge in [0.15, 0.2) is 0 Å². The molecule has 0 spiro atoms. The molecule has 2 saturated heterocycles. The van der Waals surface area contributed by atoms with Crippen molar-refractivity contribution in [2.24, 2.45) is 5.92 Å². The summed E-state index contributed by atoms with van der Waals surface area (Å²) in [5.74, 6) is 2.76. The lowest BCUT2D eigenvalue weighted by molar-refractivity contribution is 0.151. The molecule has 0 radical (unpaired) electrons. The van der Waals surface area contributed by atoms with E-state index in [1.165, 1.54) is 12.8 Å². The first-order valence-corrected chi connectivity index (χ1v) is 9.34. The van der Waals surface area contributed by atoms with Crippen LogP contribution in [0.1, 0.15) is 26.7 Å². The van der Waals surface area contributed by atoms with Crippen LogP contribution >= 0.6 is 0 Å². The molecule has 0 bridgehead atoms. The van der Waals surface area contributed by atoms with E-state index in [9.17, 15) is 0 Å². The minimum absolute atomic E-state index is 0.386. The van der Waals surface area contributed by atoms with Crippen molar-refractivity contribution in [1.29, 1.82) is 0 Å². The van der Waals surface area contributed by atoms with E-state index in [1.807, 2.05) is 0 Å². The smallest absolute Gasteiger partial charge is 0.134 e. The number of nitrogens with zero attached hydrogens (tertiary/aromatic N) is 5. The van der Waals surface area contributed by atoms with Crippen LogP contribution in [-0.4, -0.2) is 78.7 Å². The molecule has 0 saturated carbocycles. The van der Waals surface area contributed by atoms with Crippen LogP contribution in [0.25, 0.3) is 0 Å². The molecule has 6 nitrogen and oxygen atoms in total. The van der Waals surface area contributed by atoms with Gasteiger partial charge in [0.05, 0.1) is 0 Å². The van der Waals surface area contributed by atoms with E-state index in [0.29, 0.717) is 6.04 Å². The lowest BCUT2D eigenvalue weighted by Crippen LogP contribution is -2.47. The lowest BCUT2D eigenvalue weighted by atomic mass is 10.0. The van der Waals surface area contributed by atoms with E-state index >= 15 is 0 Å². The number of piperidine rings is 1. The van der Waals surface area contributed by atoms with Crippen molar-refractivity contribution in [3.8, 4) is 0 Å². The molecule has 2 unspecified atom stereocenters. The number of piperazine rings is 1. The third-order valence-corrected chi connectivity index (χ3v) is 5.16. The van der Waals surface area contributed by atoms with Gasteiger partial charge in [0.1, 0.15) is 18.0 Å². The van der Waals surface area contributed by atoms with Crippen molar-refractivity contribution in [2.45, 2.75) is 32.7 Å². The summed E-state index contributed by atoms with van der Waals surface area (Å²) in [7, 11) is 2.20. The minimum atomic E-state index is 0.386. The molecule has 3 rings (SSSR count). The second kappa shape index (κ2) is 8.12. The Morgan fingerprint density at radius 2 is 2.00 bits per heavy atom. The van der Waals surface area contributed by atoms with Crippen LogP contribution < -0.4 is 10.2 Å². The first-order chi connectivity index (χ1) is 11.6. The van der Waals surface area contributed by atoms with Crippen LogP contribution in [0.15, 0.2) is 12.4 Å². The molecule has 0 aliphatic carbocycles. The molecule has 0 aromatic carbocycles. The molecule has 1 N–H and O–H groups in total. The summed E-state index contributed by atoms with van der Waals surface area (Å²) in [4.78, 5) is 16.2. The van der Waals surface area contributed by atoms with Crippen molar-refractivity contribution < 1.29 is 0 Å². The number of nitrogens with one attached hydrogen (secondary N) is 1. The van der Waals surface area contributed by atoms with E-state index in [1.54, 1.807) is 6.33 Å². The normalized spacial score (nSPS) is 24.8. The second-order valence-electron chi connectivity index (χ2n) is 7.60. The molecular formula is C18H32N6. The van der Waals surface area contributed by atoms with Gasteiger partial charge in [0.25, 0.3) is 0 Å².